The molecule has 2 rings (SSSR count). The summed E-state index contributed by atoms with van der Waals surface area (Å²) in [7, 11) is 0. The lowest BCUT2D eigenvalue weighted by Crippen LogP contribution is -2.52. The lowest BCUT2D eigenvalue weighted by molar-refractivity contribution is -0.888. The summed E-state index contributed by atoms with van der Waals surface area (Å²) in [5.74, 6) is 0.822. The van der Waals surface area contributed by atoms with E-state index in [9.17, 15) is 5.21 Å². The molecule has 0 radical (unpaired) electrons. The van der Waals surface area contributed by atoms with Gasteiger partial charge in [-0.2, -0.15) is 0 Å². The molecule has 4 nitrogen and oxygen atoms in total. The molecule has 1 heterocycles. The van der Waals surface area contributed by atoms with E-state index < -0.39 is 0 Å². The molecule has 88 valence electrons. The van der Waals surface area contributed by atoms with Crippen LogP contribution in [0.3, 0.4) is 0 Å². The van der Waals surface area contributed by atoms with E-state index in [-0.39, 0.29) is 4.65 Å². The van der Waals surface area contributed by atoms with Crippen LogP contribution in [0.1, 0.15) is 0 Å². The third kappa shape index (κ3) is 3.20. The quantitative estimate of drug-likeness (QED) is 0.572. The monoisotopic (exact) mass is 223 g/mol. The summed E-state index contributed by atoms with van der Waals surface area (Å²) in [6.45, 7) is 3.17. The van der Waals surface area contributed by atoms with Crippen LogP contribution in [0.5, 0.6) is 5.75 Å². The van der Waals surface area contributed by atoms with Crippen molar-refractivity contribution in [2.45, 2.75) is 0 Å². The molecule has 16 heavy (non-hydrogen) atoms. The largest absolute Gasteiger partial charge is 0.633 e. The molecule has 0 bridgehead atoms. The number of rotatable bonds is 4. The second-order valence-corrected chi connectivity index (χ2v) is 4.00. The third-order valence-electron chi connectivity index (χ3n) is 2.80. The minimum atomic E-state index is -0.188. The normalized spacial score (nSPS) is 19.3. The van der Waals surface area contributed by atoms with Gasteiger partial charge in [-0.15, -0.1) is 0 Å². The first kappa shape index (κ1) is 11.4. The highest BCUT2D eigenvalue weighted by Gasteiger charge is 2.20. The highest BCUT2D eigenvalue weighted by atomic mass is 16.6. The van der Waals surface area contributed by atoms with Gasteiger partial charge in [-0.05, 0) is 12.1 Å². The van der Waals surface area contributed by atoms with E-state index in [1.165, 1.54) is 0 Å². The molecule has 0 unspecified atom stereocenters. The summed E-state index contributed by atoms with van der Waals surface area (Å²) in [5, 5.41) is 12.1. The summed E-state index contributed by atoms with van der Waals surface area (Å²) in [5.41, 5.74) is 0. The van der Waals surface area contributed by atoms with Gasteiger partial charge >= 0.3 is 0 Å². The molecule has 1 aliphatic heterocycles. The lowest BCUT2D eigenvalue weighted by atomic mass is 10.3. The Bertz CT molecular complexity index is 309. The smallest absolute Gasteiger partial charge is 0.137 e. The fraction of sp³-hybridized carbons (Fsp3) is 0.500. The van der Waals surface area contributed by atoms with E-state index >= 15 is 0 Å². The van der Waals surface area contributed by atoms with E-state index in [0.29, 0.717) is 39.5 Å². The van der Waals surface area contributed by atoms with Gasteiger partial charge in [-0.1, -0.05) is 18.2 Å². The number of quaternary nitrogens is 1. The molecule has 1 aliphatic rings. The van der Waals surface area contributed by atoms with Gasteiger partial charge in [0, 0.05) is 0 Å². The number of hydrogen-bond donors (Lipinski definition) is 0. The van der Waals surface area contributed by atoms with Gasteiger partial charge in [0.1, 0.15) is 32.0 Å². The Hall–Kier alpha value is -1.10. The molecule has 1 aromatic rings. The van der Waals surface area contributed by atoms with E-state index in [0.717, 1.165) is 5.75 Å². The Morgan fingerprint density at radius 2 is 1.88 bits per heavy atom. The van der Waals surface area contributed by atoms with Crippen LogP contribution in [0.25, 0.3) is 0 Å². The van der Waals surface area contributed by atoms with Crippen LogP contribution in [-0.4, -0.2) is 44.1 Å². The Morgan fingerprint density at radius 3 is 2.56 bits per heavy atom. The van der Waals surface area contributed by atoms with E-state index in [2.05, 4.69) is 0 Å². The van der Waals surface area contributed by atoms with Crippen LogP contribution in [0.2, 0.25) is 0 Å². The predicted molar refractivity (Wildman–Crippen MR) is 61.0 cm³/mol. The average Bonchev–Trinajstić information content (AvgIpc) is 2.31. The minimum Gasteiger partial charge on any atom is -0.633 e. The van der Waals surface area contributed by atoms with E-state index in [1.54, 1.807) is 0 Å². The van der Waals surface area contributed by atoms with Gasteiger partial charge in [0.25, 0.3) is 0 Å². The highest BCUT2D eigenvalue weighted by molar-refractivity contribution is 5.20. The van der Waals surface area contributed by atoms with Crippen molar-refractivity contribution in [1.29, 1.82) is 0 Å². The second-order valence-electron chi connectivity index (χ2n) is 4.00. The molecule has 0 aliphatic carbocycles. The summed E-state index contributed by atoms with van der Waals surface area (Å²) in [6, 6.07) is 9.58. The maximum absolute atomic E-state index is 12.1. The average molecular weight is 223 g/mol. The van der Waals surface area contributed by atoms with Gasteiger partial charge in [-0.3, -0.25) is 0 Å². The van der Waals surface area contributed by atoms with Crippen molar-refractivity contribution in [3.63, 3.8) is 0 Å². The summed E-state index contributed by atoms with van der Waals surface area (Å²) in [4.78, 5) is 0. The van der Waals surface area contributed by atoms with Gasteiger partial charge in [0.15, 0.2) is 0 Å². The first-order valence-corrected chi connectivity index (χ1v) is 5.61. The summed E-state index contributed by atoms with van der Waals surface area (Å²) in [6.07, 6.45) is 0. The number of benzene rings is 1. The maximum atomic E-state index is 12.1. The van der Waals surface area contributed by atoms with Gasteiger partial charge in [0.05, 0.1) is 13.2 Å². The van der Waals surface area contributed by atoms with Crippen molar-refractivity contribution in [2.75, 3.05) is 39.5 Å². The number of hydrogen-bond acceptors (Lipinski definition) is 3. The number of ether oxygens (including phenoxy) is 2. The van der Waals surface area contributed by atoms with Gasteiger partial charge in [-0.25, -0.2) is 0 Å². The number of nitrogens with zero attached hydrogens (tertiary/aromatic N) is 1. The zero-order valence-electron chi connectivity index (χ0n) is 9.30. The highest BCUT2D eigenvalue weighted by Crippen LogP contribution is 2.11. The fourth-order valence-electron chi connectivity index (χ4n) is 1.75. The molecule has 0 atom stereocenters. The Kier molecular flexibility index (Phi) is 3.77. The van der Waals surface area contributed by atoms with Crippen molar-refractivity contribution in [2.24, 2.45) is 0 Å². The van der Waals surface area contributed by atoms with Crippen LogP contribution in [-0.2, 0) is 4.74 Å². The van der Waals surface area contributed by atoms with Crippen molar-refractivity contribution in [3.05, 3.63) is 35.5 Å². The molecule has 4 heteroatoms. The zero-order valence-corrected chi connectivity index (χ0v) is 9.30. The first-order valence-electron chi connectivity index (χ1n) is 5.61. The molecule has 1 saturated heterocycles. The second kappa shape index (κ2) is 5.30. The molecule has 0 amide bonds. The first-order chi connectivity index (χ1) is 7.79. The third-order valence-corrected chi connectivity index (χ3v) is 2.80. The lowest BCUT2D eigenvalue weighted by Gasteiger charge is -2.44. The SMILES string of the molecule is [O-][N+]1(CCOc2ccccc2)CCOCC1. The number of morpholine rings is 1. The van der Waals surface area contributed by atoms with E-state index in [4.69, 9.17) is 9.47 Å². The standard InChI is InChI=1S/C12H17NO3/c14-13(6-9-15-10-7-13)8-11-16-12-4-2-1-3-5-12/h1-5H,6-11H2. The van der Waals surface area contributed by atoms with Crippen molar-refractivity contribution in [1.82, 2.24) is 0 Å². The van der Waals surface area contributed by atoms with Crippen molar-refractivity contribution >= 4 is 0 Å². The summed E-state index contributed by atoms with van der Waals surface area (Å²) < 4.78 is 10.5. The van der Waals surface area contributed by atoms with Gasteiger partial charge in [0.2, 0.25) is 0 Å². The molecule has 1 aromatic carbocycles. The predicted octanol–water partition coefficient (Wildman–Crippen LogP) is 1.41. The Labute approximate surface area is 95.6 Å². The van der Waals surface area contributed by atoms with Crippen LogP contribution in [0.4, 0.5) is 0 Å². The number of hydroxylamine groups is 3. The van der Waals surface area contributed by atoms with Gasteiger partial charge < -0.3 is 19.3 Å². The molecule has 0 N–H and O–H groups in total. The molecule has 0 aromatic heterocycles. The molecule has 1 fully saturated rings. The maximum Gasteiger partial charge on any atom is 0.137 e. The van der Waals surface area contributed by atoms with Crippen LogP contribution < -0.4 is 4.74 Å². The molecule has 0 saturated carbocycles. The van der Waals surface area contributed by atoms with Crippen LogP contribution >= 0.6 is 0 Å². The topological polar surface area (TPSA) is 41.5 Å². The fourth-order valence-corrected chi connectivity index (χ4v) is 1.75. The van der Waals surface area contributed by atoms with E-state index in [1.807, 2.05) is 30.3 Å². The van der Waals surface area contributed by atoms with Crippen molar-refractivity contribution in [3.8, 4) is 5.75 Å². The van der Waals surface area contributed by atoms with Crippen LogP contribution in [0.15, 0.2) is 30.3 Å². The van der Waals surface area contributed by atoms with Crippen LogP contribution in [0, 0.1) is 5.21 Å². The molecular formula is C12H17NO3. The zero-order chi connectivity index (χ0) is 11.3. The number of para-hydroxylation sites is 1. The Balaban J connectivity index is 1.75. The van der Waals surface area contributed by atoms with Crippen molar-refractivity contribution < 1.29 is 14.1 Å². The molecular weight excluding hydrogens is 206 g/mol. The molecule has 0 spiro atoms. The summed E-state index contributed by atoms with van der Waals surface area (Å²) >= 11 is 0. The Morgan fingerprint density at radius 1 is 1.19 bits per heavy atom. The minimum absolute atomic E-state index is 0.188.